The number of amides is 1. The Morgan fingerprint density at radius 2 is 1.92 bits per heavy atom. The summed E-state index contributed by atoms with van der Waals surface area (Å²) in [4.78, 5) is 11.6. The molecule has 128 valence electrons. The maximum atomic E-state index is 11.6. The van der Waals surface area contributed by atoms with E-state index in [2.05, 4.69) is 15.5 Å². The lowest BCUT2D eigenvalue weighted by molar-refractivity contribution is 0.0107. The molecule has 0 spiro atoms. The maximum Gasteiger partial charge on any atom is 0.407 e. The van der Waals surface area contributed by atoms with Gasteiger partial charge in [0, 0.05) is 6.54 Å². The predicted octanol–water partition coefficient (Wildman–Crippen LogP) is 0.770. The Kier molecular flexibility index (Phi) is 6.47. The SMILES string of the molecule is Nc1ccc(C(O)C(O)CCNC(=O)OCc2ccccc2)nn1. The lowest BCUT2D eigenvalue weighted by Gasteiger charge is -2.17. The molecule has 8 nitrogen and oxygen atoms in total. The van der Waals surface area contributed by atoms with Crippen LogP contribution < -0.4 is 11.1 Å². The topological polar surface area (TPSA) is 131 Å². The molecule has 2 unspecified atom stereocenters. The van der Waals surface area contributed by atoms with Crippen LogP contribution in [0.25, 0.3) is 0 Å². The molecule has 2 atom stereocenters. The fraction of sp³-hybridized carbons (Fsp3) is 0.312. The number of aromatic nitrogens is 2. The first-order valence-electron chi connectivity index (χ1n) is 7.46. The fourth-order valence-electron chi connectivity index (χ4n) is 1.96. The van der Waals surface area contributed by atoms with Crippen LogP contribution in [0.3, 0.4) is 0 Å². The number of carbonyl (C=O) groups is 1. The number of hydrogen-bond acceptors (Lipinski definition) is 7. The van der Waals surface area contributed by atoms with Crippen molar-refractivity contribution in [3.63, 3.8) is 0 Å². The number of nitrogen functional groups attached to an aromatic ring is 1. The van der Waals surface area contributed by atoms with Gasteiger partial charge in [-0.15, -0.1) is 5.10 Å². The Balaban J connectivity index is 1.68. The predicted molar refractivity (Wildman–Crippen MR) is 86.7 cm³/mol. The van der Waals surface area contributed by atoms with Crippen molar-refractivity contribution < 1.29 is 19.7 Å². The van der Waals surface area contributed by atoms with Crippen molar-refractivity contribution in [2.75, 3.05) is 12.3 Å². The number of nitrogens with two attached hydrogens (primary N) is 1. The van der Waals surface area contributed by atoms with Crippen LogP contribution in [-0.4, -0.2) is 39.2 Å². The van der Waals surface area contributed by atoms with Gasteiger partial charge in [-0.1, -0.05) is 30.3 Å². The average molecular weight is 332 g/mol. The third-order valence-electron chi connectivity index (χ3n) is 3.30. The van der Waals surface area contributed by atoms with E-state index in [-0.39, 0.29) is 31.1 Å². The minimum Gasteiger partial charge on any atom is -0.445 e. The van der Waals surface area contributed by atoms with E-state index in [1.165, 1.54) is 12.1 Å². The molecule has 8 heteroatoms. The standard InChI is InChI=1S/C16H20N4O4/c17-14-7-6-12(19-20-14)15(22)13(21)8-9-18-16(23)24-10-11-4-2-1-3-5-11/h1-7,13,15,21-22H,8-10H2,(H2,17,20)(H,18,23). The third-order valence-corrected chi connectivity index (χ3v) is 3.30. The van der Waals surface area contributed by atoms with E-state index in [4.69, 9.17) is 10.5 Å². The maximum absolute atomic E-state index is 11.6. The lowest BCUT2D eigenvalue weighted by atomic mass is 10.1. The van der Waals surface area contributed by atoms with Crippen molar-refractivity contribution in [1.29, 1.82) is 0 Å². The summed E-state index contributed by atoms with van der Waals surface area (Å²) in [6.45, 7) is 0.313. The second-order valence-electron chi connectivity index (χ2n) is 5.17. The summed E-state index contributed by atoms with van der Waals surface area (Å²) < 4.78 is 5.04. The summed E-state index contributed by atoms with van der Waals surface area (Å²) >= 11 is 0. The Labute approximate surface area is 139 Å². The molecule has 0 saturated heterocycles. The van der Waals surface area contributed by atoms with Gasteiger partial charge in [-0.05, 0) is 24.1 Å². The number of anilines is 1. The highest BCUT2D eigenvalue weighted by molar-refractivity contribution is 5.67. The summed E-state index contributed by atoms with van der Waals surface area (Å²) in [5.74, 6) is 0.225. The second kappa shape index (κ2) is 8.80. The molecular formula is C16H20N4O4. The molecule has 5 N–H and O–H groups in total. The molecule has 0 radical (unpaired) electrons. The zero-order valence-corrected chi connectivity index (χ0v) is 13.0. The lowest BCUT2D eigenvalue weighted by Crippen LogP contribution is -2.30. The molecule has 0 fully saturated rings. The van der Waals surface area contributed by atoms with Crippen LogP contribution in [0.15, 0.2) is 42.5 Å². The molecule has 24 heavy (non-hydrogen) atoms. The largest absolute Gasteiger partial charge is 0.445 e. The van der Waals surface area contributed by atoms with Crippen molar-refractivity contribution in [1.82, 2.24) is 15.5 Å². The number of benzene rings is 1. The molecule has 1 aromatic carbocycles. The second-order valence-corrected chi connectivity index (χ2v) is 5.17. The number of aliphatic hydroxyl groups excluding tert-OH is 2. The van der Waals surface area contributed by atoms with Gasteiger partial charge < -0.3 is 26.0 Å². The molecule has 1 aromatic heterocycles. The van der Waals surface area contributed by atoms with Crippen LogP contribution in [0.1, 0.15) is 23.8 Å². The number of carbonyl (C=O) groups excluding carboxylic acids is 1. The van der Waals surface area contributed by atoms with E-state index in [0.717, 1.165) is 5.56 Å². The van der Waals surface area contributed by atoms with E-state index < -0.39 is 18.3 Å². The van der Waals surface area contributed by atoms with Crippen molar-refractivity contribution in [3.8, 4) is 0 Å². The zero-order valence-electron chi connectivity index (χ0n) is 13.0. The number of hydrogen-bond donors (Lipinski definition) is 4. The highest BCUT2D eigenvalue weighted by atomic mass is 16.5. The van der Waals surface area contributed by atoms with Crippen LogP contribution in [0.5, 0.6) is 0 Å². The molecule has 0 aliphatic rings. The Morgan fingerprint density at radius 1 is 1.17 bits per heavy atom. The van der Waals surface area contributed by atoms with Crippen LogP contribution in [-0.2, 0) is 11.3 Å². The van der Waals surface area contributed by atoms with Crippen molar-refractivity contribution in [2.45, 2.75) is 25.2 Å². The first kappa shape index (κ1) is 17.6. The molecule has 0 bridgehead atoms. The fourth-order valence-corrected chi connectivity index (χ4v) is 1.96. The molecule has 0 saturated carbocycles. The van der Waals surface area contributed by atoms with E-state index in [1.54, 1.807) is 0 Å². The minimum atomic E-state index is -1.21. The van der Waals surface area contributed by atoms with Gasteiger partial charge in [0.25, 0.3) is 0 Å². The van der Waals surface area contributed by atoms with Gasteiger partial charge in [0.2, 0.25) is 0 Å². The Hall–Kier alpha value is -2.71. The van der Waals surface area contributed by atoms with Gasteiger partial charge in [0.05, 0.1) is 11.8 Å². The van der Waals surface area contributed by atoms with Crippen LogP contribution in [0.2, 0.25) is 0 Å². The van der Waals surface area contributed by atoms with Crippen molar-refractivity contribution in [2.24, 2.45) is 0 Å². The summed E-state index contributed by atoms with van der Waals surface area (Å²) in [5.41, 5.74) is 6.50. The number of alkyl carbamates (subject to hydrolysis) is 1. The molecule has 2 rings (SSSR count). The first-order chi connectivity index (χ1) is 11.6. The highest BCUT2D eigenvalue weighted by Gasteiger charge is 2.20. The van der Waals surface area contributed by atoms with E-state index >= 15 is 0 Å². The third kappa shape index (κ3) is 5.49. The molecule has 0 aliphatic carbocycles. The number of nitrogens with one attached hydrogen (secondary N) is 1. The van der Waals surface area contributed by atoms with Crippen LogP contribution in [0.4, 0.5) is 10.6 Å². The van der Waals surface area contributed by atoms with Gasteiger partial charge in [0.15, 0.2) is 0 Å². The molecule has 1 heterocycles. The quantitative estimate of drug-likeness (QED) is 0.589. The van der Waals surface area contributed by atoms with Crippen molar-refractivity contribution in [3.05, 3.63) is 53.7 Å². The summed E-state index contributed by atoms with van der Waals surface area (Å²) in [7, 11) is 0. The summed E-state index contributed by atoms with van der Waals surface area (Å²) in [6, 6.07) is 12.3. The first-order valence-corrected chi connectivity index (χ1v) is 7.46. The van der Waals surface area contributed by atoms with Crippen LogP contribution >= 0.6 is 0 Å². The molecular weight excluding hydrogens is 312 g/mol. The monoisotopic (exact) mass is 332 g/mol. The van der Waals surface area contributed by atoms with Crippen LogP contribution in [0, 0.1) is 0 Å². The summed E-state index contributed by atoms with van der Waals surface area (Å²) in [5, 5.41) is 29.7. The van der Waals surface area contributed by atoms with E-state index in [0.29, 0.717) is 0 Å². The average Bonchev–Trinajstić information content (AvgIpc) is 2.61. The van der Waals surface area contributed by atoms with Gasteiger partial charge in [0.1, 0.15) is 18.5 Å². The zero-order chi connectivity index (χ0) is 17.4. The highest BCUT2D eigenvalue weighted by Crippen LogP contribution is 2.16. The number of ether oxygens (including phenoxy) is 1. The number of aliphatic hydroxyl groups is 2. The summed E-state index contributed by atoms with van der Waals surface area (Å²) in [6.07, 6.45) is -2.77. The molecule has 2 aromatic rings. The van der Waals surface area contributed by atoms with Gasteiger partial charge in [-0.25, -0.2) is 4.79 Å². The minimum absolute atomic E-state index is 0.133. The van der Waals surface area contributed by atoms with Gasteiger partial charge >= 0.3 is 6.09 Å². The Morgan fingerprint density at radius 3 is 2.58 bits per heavy atom. The smallest absolute Gasteiger partial charge is 0.407 e. The normalized spacial score (nSPS) is 13.1. The van der Waals surface area contributed by atoms with Gasteiger partial charge in [-0.3, -0.25) is 0 Å². The number of nitrogens with zero attached hydrogens (tertiary/aromatic N) is 2. The van der Waals surface area contributed by atoms with Crippen molar-refractivity contribution >= 4 is 11.9 Å². The Bertz CT molecular complexity index is 636. The molecule has 1 amide bonds. The molecule has 0 aliphatic heterocycles. The number of rotatable bonds is 7. The van der Waals surface area contributed by atoms with E-state index in [9.17, 15) is 15.0 Å². The van der Waals surface area contributed by atoms with E-state index in [1.807, 2.05) is 30.3 Å². The van der Waals surface area contributed by atoms with Gasteiger partial charge in [-0.2, -0.15) is 5.10 Å².